The third kappa shape index (κ3) is 3.65. The summed E-state index contributed by atoms with van der Waals surface area (Å²) in [7, 11) is 0. The summed E-state index contributed by atoms with van der Waals surface area (Å²) in [6, 6.07) is 18.0. The fourth-order valence-corrected chi connectivity index (χ4v) is 2.89. The SMILES string of the molecule is Cc1ccc(NC(=O)Cn2nc3ccc(-c4ccc(Cl)cc4)nn3c2=O)cc1. The van der Waals surface area contributed by atoms with Gasteiger partial charge in [-0.3, -0.25) is 4.79 Å². The van der Waals surface area contributed by atoms with Crippen molar-refractivity contribution in [1.82, 2.24) is 19.4 Å². The molecule has 0 aliphatic rings. The molecular formula is C20H16ClN5O2. The number of fused-ring (bicyclic) bond motifs is 1. The van der Waals surface area contributed by atoms with Gasteiger partial charge in [-0.25, -0.2) is 9.48 Å². The number of amides is 1. The first-order valence-corrected chi connectivity index (χ1v) is 8.97. The molecule has 0 bridgehead atoms. The Morgan fingerprint density at radius 2 is 1.71 bits per heavy atom. The highest BCUT2D eigenvalue weighted by Gasteiger charge is 2.13. The first-order valence-electron chi connectivity index (χ1n) is 8.59. The maximum atomic E-state index is 12.6. The maximum Gasteiger partial charge on any atom is 0.367 e. The molecule has 140 valence electrons. The summed E-state index contributed by atoms with van der Waals surface area (Å²) < 4.78 is 2.28. The maximum absolute atomic E-state index is 12.6. The monoisotopic (exact) mass is 393 g/mol. The van der Waals surface area contributed by atoms with Gasteiger partial charge in [0.2, 0.25) is 5.91 Å². The third-order valence-corrected chi connectivity index (χ3v) is 4.46. The fourth-order valence-electron chi connectivity index (χ4n) is 2.76. The Bertz CT molecular complexity index is 1210. The average molecular weight is 394 g/mol. The molecule has 2 aromatic carbocycles. The van der Waals surface area contributed by atoms with Crippen LogP contribution in [-0.4, -0.2) is 25.3 Å². The first kappa shape index (κ1) is 17.9. The van der Waals surface area contributed by atoms with Crippen LogP contribution in [0.25, 0.3) is 16.9 Å². The van der Waals surface area contributed by atoms with Crippen LogP contribution in [0.1, 0.15) is 5.56 Å². The van der Waals surface area contributed by atoms with Gasteiger partial charge < -0.3 is 5.32 Å². The van der Waals surface area contributed by atoms with Crippen LogP contribution in [0.2, 0.25) is 5.02 Å². The van der Waals surface area contributed by atoms with E-state index in [1.54, 1.807) is 36.4 Å². The summed E-state index contributed by atoms with van der Waals surface area (Å²) in [5, 5.41) is 11.9. The van der Waals surface area contributed by atoms with Gasteiger partial charge in [0.25, 0.3) is 0 Å². The van der Waals surface area contributed by atoms with Gasteiger partial charge in [0.05, 0.1) is 5.69 Å². The van der Waals surface area contributed by atoms with E-state index in [0.29, 0.717) is 22.1 Å². The number of hydrogen-bond donors (Lipinski definition) is 1. The van der Waals surface area contributed by atoms with Crippen molar-refractivity contribution in [2.24, 2.45) is 0 Å². The van der Waals surface area contributed by atoms with E-state index >= 15 is 0 Å². The number of aromatic nitrogens is 4. The van der Waals surface area contributed by atoms with Gasteiger partial charge in [-0.1, -0.05) is 41.4 Å². The summed E-state index contributed by atoms with van der Waals surface area (Å²) in [5.41, 5.74) is 3.07. The highest BCUT2D eigenvalue weighted by Crippen LogP contribution is 2.19. The van der Waals surface area contributed by atoms with Gasteiger partial charge in [0, 0.05) is 16.3 Å². The van der Waals surface area contributed by atoms with E-state index in [9.17, 15) is 9.59 Å². The number of nitrogens with zero attached hydrogens (tertiary/aromatic N) is 4. The van der Waals surface area contributed by atoms with Crippen molar-refractivity contribution in [2.75, 3.05) is 5.32 Å². The van der Waals surface area contributed by atoms with Gasteiger partial charge in [0.1, 0.15) is 6.54 Å². The summed E-state index contributed by atoms with van der Waals surface area (Å²) in [4.78, 5) is 24.9. The molecule has 0 saturated heterocycles. The molecule has 0 aliphatic carbocycles. The van der Waals surface area contributed by atoms with Crippen LogP contribution >= 0.6 is 11.6 Å². The lowest BCUT2D eigenvalue weighted by Crippen LogP contribution is -2.28. The molecule has 1 N–H and O–H groups in total. The predicted octanol–water partition coefficient (Wildman–Crippen LogP) is 3.16. The number of anilines is 1. The minimum Gasteiger partial charge on any atom is -0.324 e. The van der Waals surface area contributed by atoms with E-state index < -0.39 is 5.69 Å². The highest BCUT2D eigenvalue weighted by atomic mass is 35.5. The number of halogens is 1. The zero-order valence-corrected chi connectivity index (χ0v) is 15.7. The second kappa shape index (κ2) is 7.28. The van der Waals surface area contributed by atoms with Crippen LogP contribution < -0.4 is 11.0 Å². The summed E-state index contributed by atoms with van der Waals surface area (Å²) in [6.45, 7) is 1.76. The Morgan fingerprint density at radius 1 is 1.00 bits per heavy atom. The van der Waals surface area contributed by atoms with E-state index in [1.165, 1.54) is 4.52 Å². The van der Waals surface area contributed by atoms with E-state index in [4.69, 9.17) is 11.6 Å². The topological polar surface area (TPSA) is 81.3 Å². The molecule has 4 aromatic rings. The largest absolute Gasteiger partial charge is 0.367 e. The number of benzene rings is 2. The molecule has 0 radical (unpaired) electrons. The molecule has 0 fully saturated rings. The third-order valence-electron chi connectivity index (χ3n) is 4.21. The van der Waals surface area contributed by atoms with Crippen LogP contribution in [0.3, 0.4) is 0 Å². The van der Waals surface area contributed by atoms with Gasteiger partial charge in [-0.2, -0.15) is 9.61 Å². The van der Waals surface area contributed by atoms with Crippen molar-refractivity contribution in [2.45, 2.75) is 13.5 Å². The first-order chi connectivity index (χ1) is 13.5. The number of carbonyl (C=O) groups is 1. The normalized spacial score (nSPS) is 10.9. The number of carbonyl (C=O) groups excluding carboxylic acids is 1. The van der Waals surface area contributed by atoms with Crippen molar-refractivity contribution in [1.29, 1.82) is 0 Å². The van der Waals surface area contributed by atoms with Crippen LogP contribution in [0.5, 0.6) is 0 Å². The fraction of sp³-hybridized carbons (Fsp3) is 0.100. The Balaban J connectivity index is 1.59. The van der Waals surface area contributed by atoms with Gasteiger partial charge >= 0.3 is 5.69 Å². The average Bonchev–Trinajstić information content (AvgIpc) is 2.99. The van der Waals surface area contributed by atoms with E-state index in [-0.39, 0.29) is 12.5 Å². The summed E-state index contributed by atoms with van der Waals surface area (Å²) in [6.07, 6.45) is 0. The predicted molar refractivity (Wildman–Crippen MR) is 108 cm³/mol. The smallest absolute Gasteiger partial charge is 0.324 e. The second-order valence-corrected chi connectivity index (χ2v) is 6.79. The molecule has 0 spiro atoms. The number of nitrogens with one attached hydrogen (secondary N) is 1. The Hall–Kier alpha value is -3.45. The number of hydrogen-bond acceptors (Lipinski definition) is 4. The van der Waals surface area contributed by atoms with Crippen LogP contribution in [0, 0.1) is 6.92 Å². The molecule has 0 unspecified atom stereocenters. The Labute approximate surface area is 165 Å². The lowest BCUT2D eigenvalue weighted by molar-refractivity contribution is -0.117. The Morgan fingerprint density at radius 3 is 2.43 bits per heavy atom. The van der Waals surface area contributed by atoms with Crippen molar-refractivity contribution in [3.63, 3.8) is 0 Å². The van der Waals surface area contributed by atoms with Crippen molar-refractivity contribution < 1.29 is 4.79 Å². The number of aryl methyl sites for hydroxylation is 1. The highest BCUT2D eigenvalue weighted by molar-refractivity contribution is 6.30. The molecule has 7 nitrogen and oxygen atoms in total. The molecule has 2 aromatic heterocycles. The zero-order valence-electron chi connectivity index (χ0n) is 15.0. The molecule has 2 heterocycles. The lowest BCUT2D eigenvalue weighted by atomic mass is 10.1. The molecule has 0 atom stereocenters. The summed E-state index contributed by atoms with van der Waals surface area (Å²) in [5.74, 6) is -0.340. The number of rotatable bonds is 4. The quantitative estimate of drug-likeness (QED) is 0.577. The lowest BCUT2D eigenvalue weighted by Gasteiger charge is -2.04. The standard InChI is InChI=1S/C20H16ClN5O2/c1-13-2-8-16(9-3-13)22-19(27)12-25-20(28)26-18(24-25)11-10-17(23-26)14-4-6-15(21)7-5-14/h2-11H,12H2,1H3,(H,22,27). The van der Waals surface area contributed by atoms with Crippen LogP contribution in [0.4, 0.5) is 5.69 Å². The Kier molecular flexibility index (Phi) is 4.67. The van der Waals surface area contributed by atoms with E-state index in [0.717, 1.165) is 15.8 Å². The molecular weight excluding hydrogens is 378 g/mol. The molecule has 4 rings (SSSR count). The van der Waals surface area contributed by atoms with Crippen LogP contribution in [0.15, 0.2) is 65.5 Å². The molecule has 28 heavy (non-hydrogen) atoms. The van der Waals surface area contributed by atoms with Gasteiger partial charge in [-0.05, 0) is 43.3 Å². The van der Waals surface area contributed by atoms with Crippen molar-refractivity contribution in [3.8, 4) is 11.3 Å². The minimum absolute atomic E-state index is 0.202. The van der Waals surface area contributed by atoms with Gasteiger partial charge in [0.15, 0.2) is 5.65 Å². The second-order valence-electron chi connectivity index (χ2n) is 6.35. The molecule has 0 aliphatic heterocycles. The molecule has 8 heteroatoms. The zero-order chi connectivity index (χ0) is 19.7. The summed E-state index contributed by atoms with van der Waals surface area (Å²) >= 11 is 5.91. The molecule has 0 saturated carbocycles. The van der Waals surface area contributed by atoms with Crippen molar-refractivity contribution >= 4 is 28.8 Å². The molecule has 1 amide bonds. The van der Waals surface area contributed by atoms with Crippen molar-refractivity contribution in [3.05, 3.63) is 81.7 Å². The minimum atomic E-state index is -0.482. The van der Waals surface area contributed by atoms with E-state index in [1.807, 2.05) is 31.2 Å². The van der Waals surface area contributed by atoms with Crippen LogP contribution in [-0.2, 0) is 11.3 Å². The van der Waals surface area contributed by atoms with E-state index in [2.05, 4.69) is 15.5 Å². The van der Waals surface area contributed by atoms with Gasteiger partial charge in [-0.15, -0.1) is 5.10 Å².